The molecular weight excluding hydrogens is 320 g/mol. The zero-order valence-corrected chi connectivity index (χ0v) is 16.3. The number of ketones is 1. The molecule has 0 bridgehead atoms. The lowest BCUT2D eigenvalue weighted by molar-refractivity contribution is -0.157. The van der Waals surface area contributed by atoms with Gasteiger partial charge in [0.05, 0.1) is 5.60 Å². The first-order chi connectivity index (χ1) is 12.5. The molecule has 0 amide bonds. The molecule has 0 N–H and O–H groups in total. The molecule has 0 radical (unpaired) electrons. The van der Waals surface area contributed by atoms with Crippen LogP contribution < -0.4 is 0 Å². The second-order valence-corrected chi connectivity index (χ2v) is 11.5. The number of allylic oxidation sites excluding steroid dienone is 1. The number of carbonyl (C=O) groups excluding carboxylic acids is 1. The molecule has 0 aromatic carbocycles. The Bertz CT molecular complexity index is 745. The third kappa shape index (κ3) is 1.46. The molecule has 1 spiro atoms. The van der Waals surface area contributed by atoms with E-state index < -0.39 is 0 Å². The zero-order chi connectivity index (χ0) is 17.5. The Morgan fingerprint density at radius 3 is 2.77 bits per heavy atom. The van der Waals surface area contributed by atoms with E-state index in [0.717, 1.165) is 60.9 Å². The minimum absolute atomic E-state index is 0.247. The first-order valence-corrected chi connectivity index (χ1v) is 11.4. The Balaban J connectivity index is 1.34. The highest BCUT2D eigenvalue weighted by Gasteiger charge is 2.79. The maximum absolute atomic E-state index is 12.2. The van der Waals surface area contributed by atoms with Gasteiger partial charge in [0.15, 0.2) is 5.78 Å². The van der Waals surface area contributed by atoms with Gasteiger partial charge in [0.2, 0.25) is 0 Å². The average molecular weight is 353 g/mol. The number of fused-ring (bicyclic) bond motifs is 12. The summed E-state index contributed by atoms with van der Waals surface area (Å²) in [6.07, 6.45) is 12.2. The van der Waals surface area contributed by atoms with Gasteiger partial charge in [-0.2, -0.15) is 0 Å². The molecule has 7 aliphatic rings. The van der Waals surface area contributed by atoms with Crippen LogP contribution in [0.2, 0.25) is 0 Å². The Labute approximate surface area is 157 Å². The van der Waals surface area contributed by atoms with Crippen LogP contribution in [0.15, 0.2) is 11.6 Å². The summed E-state index contributed by atoms with van der Waals surface area (Å²) in [5, 5.41) is 0. The second kappa shape index (κ2) is 4.34. The summed E-state index contributed by atoms with van der Waals surface area (Å²) in [6, 6.07) is 0. The van der Waals surface area contributed by atoms with E-state index in [4.69, 9.17) is 4.74 Å². The fraction of sp³-hybridized carbons (Fsp3) is 0.875. The van der Waals surface area contributed by atoms with Crippen LogP contribution in [0.1, 0.15) is 65.2 Å². The zero-order valence-electron chi connectivity index (χ0n) is 16.3. The lowest BCUT2D eigenvalue weighted by Gasteiger charge is -2.60. The summed E-state index contributed by atoms with van der Waals surface area (Å²) in [5.74, 6) is 6.58. The molecule has 2 nitrogen and oxygen atoms in total. The minimum atomic E-state index is 0.247. The van der Waals surface area contributed by atoms with E-state index in [1.165, 1.54) is 38.5 Å². The van der Waals surface area contributed by atoms with Crippen molar-refractivity contribution in [3.05, 3.63) is 11.6 Å². The lowest BCUT2D eigenvalue weighted by atomic mass is 9.45. The molecule has 0 unspecified atom stereocenters. The van der Waals surface area contributed by atoms with E-state index in [0.29, 0.717) is 16.6 Å². The molecule has 1 aliphatic heterocycles. The van der Waals surface area contributed by atoms with Crippen LogP contribution >= 0.6 is 0 Å². The van der Waals surface area contributed by atoms with Crippen molar-refractivity contribution in [2.75, 3.05) is 6.61 Å². The van der Waals surface area contributed by atoms with Gasteiger partial charge in [-0.3, -0.25) is 4.79 Å². The molecular formula is C24H32O2. The van der Waals surface area contributed by atoms with Gasteiger partial charge >= 0.3 is 0 Å². The lowest BCUT2D eigenvalue weighted by Crippen LogP contribution is -2.57. The van der Waals surface area contributed by atoms with Crippen LogP contribution in [0.3, 0.4) is 0 Å². The Hall–Kier alpha value is -0.630. The molecule has 0 aromatic heterocycles. The van der Waals surface area contributed by atoms with Gasteiger partial charge in [-0.1, -0.05) is 19.4 Å². The molecule has 6 aliphatic carbocycles. The van der Waals surface area contributed by atoms with Crippen LogP contribution in [-0.2, 0) is 9.53 Å². The SMILES string of the molecule is C[C@]12CCC(=O)C=C1[C@@H]1C[C@@H]1[C@H]1[C@@H]3[C@@H]4C[C@@H]4[C@@]4(CCCO4)[C@@]3(C)CC[C@@H]12. The Morgan fingerprint density at radius 1 is 1.08 bits per heavy atom. The summed E-state index contributed by atoms with van der Waals surface area (Å²) < 4.78 is 6.65. The highest BCUT2D eigenvalue weighted by molar-refractivity contribution is 5.92. The number of ether oxygens (including phenoxy) is 1. The van der Waals surface area contributed by atoms with E-state index in [1.54, 1.807) is 5.57 Å². The fourth-order valence-corrected chi connectivity index (χ4v) is 9.89. The number of rotatable bonds is 0. The maximum atomic E-state index is 12.2. The molecule has 26 heavy (non-hydrogen) atoms. The first-order valence-electron chi connectivity index (χ1n) is 11.4. The molecule has 1 heterocycles. The normalized spacial score (nSPS) is 64.2. The average Bonchev–Trinajstić information content (AvgIpc) is 3.52. The molecule has 2 heteroatoms. The van der Waals surface area contributed by atoms with E-state index in [9.17, 15) is 4.79 Å². The van der Waals surface area contributed by atoms with Crippen LogP contribution in [-0.4, -0.2) is 18.0 Å². The smallest absolute Gasteiger partial charge is 0.155 e. The Kier molecular flexibility index (Phi) is 2.56. The predicted molar refractivity (Wildman–Crippen MR) is 99.4 cm³/mol. The van der Waals surface area contributed by atoms with Crippen molar-refractivity contribution < 1.29 is 9.53 Å². The minimum Gasteiger partial charge on any atom is -0.374 e. The third-order valence-corrected chi connectivity index (χ3v) is 10.9. The highest BCUT2D eigenvalue weighted by atomic mass is 16.5. The quantitative estimate of drug-likeness (QED) is 0.627. The van der Waals surface area contributed by atoms with Crippen molar-refractivity contribution >= 4 is 5.78 Å². The van der Waals surface area contributed by atoms with Crippen molar-refractivity contribution in [1.82, 2.24) is 0 Å². The van der Waals surface area contributed by atoms with Crippen molar-refractivity contribution in [3.63, 3.8) is 0 Å². The van der Waals surface area contributed by atoms with Gasteiger partial charge in [-0.15, -0.1) is 0 Å². The summed E-state index contributed by atoms with van der Waals surface area (Å²) in [6.45, 7) is 6.19. The van der Waals surface area contributed by atoms with Gasteiger partial charge in [0, 0.05) is 18.4 Å². The van der Waals surface area contributed by atoms with E-state index in [2.05, 4.69) is 19.9 Å². The Morgan fingerprint density at radius 2 is 1.96 bits per heavy atom. The molecule has 6 fully saturated rings. The molecule has 140 valence electrons. The molecule has 10 atom stereocenters. The highest BCUT2D eigenvalue weighted by Crippen LogP contribution is 2.82. The predicted octanol–water partition coefficient (Wildman–Crippen LogP) is 4.78. The summed E-state index contributed by atoms with van der Waals surface area (Å²) in [4.78, 5) is 12.2. The van der Waals surface area contributed by atoms with E-state index >= 15 is 0 Å². The standard InChI is InChI=1S/C24H32O2/c1-22-7-4-13(25)10-18(22)14-11-15(14)20-17(22)5-8-23(2)21(20)16-12-19(16)24(23)6-3-9-26-24/h10,14-17,19-21H,3-9,11-12H2,1-2H3/t14-,15+,16-,17+,19+,20-,21+,22-,23+,24+/m1/s1. The van der Waals surface area contributed by atoms with Crippen molar-refractivity contribution in [3.8, 4) is 0 Å². The van der Waals surface area contributed by atoms with E-state index in [-0.39, 0.29) is 5.60 Å². The molecule has 1 saturated heterocycles. The largest absolute Gasteiger partial charge is 0.374 e. The number of hydrogen-bond donors (Lipinski definition) is 0. The first kappa shape index (κ1) is 15.3. The second-order valence-electron chi connectivity index (χ2n) is 11.5. The topological polar surface area (TPSA) is 26.3 Å². The molecule has 0 aromatic rings. The van der Waals surface area contributed by atoms with Crippen LogP contribution in [0.5, 0.6) is 0 Å². The van der Waals surface area contributed by atoms with Crippen LogP contribution in [0.25, 0.3) is 0 Å². The third-order valence-electron chi connectivity index (χ3n) is 10.9. The van der Waals surface area contributed by atoms with Gasteiger partial charge in [-0.05, 0) is 97.9 Å². The van der Waals surface area contributed by atoms with Crippen molar-refractivity contribution in [1.29, 1.82) is 0 Å². The monoisotopic (exact) mass is 352 g/mol. The number of hydrogen-bond acceptors (Lipinski definition) is 2. The van der Waals surface area contributed by atoms with Crippen molar-refractivity contribution in [2.45, 2.75) is 70.8 Å². The summed E-state index contributed by atoms with van der Waals surface area (Å²) in [7, 11) is 0. The molecule has 5 saturated carbocycles. The van der Waals surface area contributed by atoms with Crippen molar-refractivity contribution in [2.24, 2.45) is 52.3 Å². The van der Waals surface area contributed by atoms with Crippen LogP contribution in [0, 0.1) is 52.3 Å². The van der Waals surface area contributed by atoms with Gasteiger partial charge < -0.3 is 4.74 Å². The van der Waals surface area contributed by atoms with Gasteiger partial charge in [-0.25, -0.2) is 0 Å². The van der Waals surface area contributed by atoms with E-state index in [1.807, 2.05) is 0 Å². The van der Waals surface area contributed by atoms with Crippen LogP contribution in [0.4, 0.5) is 0 Å². The number of carbonyl (C=O) groups is 1. The molecule has 7 rings (SSSR count). The van der Waals surface area contributed by atoms with Gasteiger partial charge in [0.1, 0.15) is 0 Å². The summed E-state index contributed by atoms with van der Waals surface area (Å²) in [5.41, 5.74) is 2.60. The summed E-state index contributed by atoms with van der Waals surface area (Å²) >= 11 is 0. The maximum Gasteiger partial charge on any atom is 0.155 e. The fourth-order valence-electron chi connectivity index (χ4n) is 9.89. The van der Waals surface area contributed by atoms with Gasteiger partial charge in [0.25, 0.3) is 0 Å².